The first kappa shape index (κ1) is 25.1. The van der Waals surface area contributed by atoms with Gasteiger partial charge in [-0.1, -0.05) is 31.2 Å². The van der Waals surface area contributed by atoms with Crippen LogP contribution in [0.2, 0.25) is 0 Å². The number of aromatic nitrogens is 4. The van der Waals surface area contributed by atoms with Crippen molar-refractivity contribution >= 4 is 28.1 Å². The zero-order valence-corrected chi connectivity index (χ0v) is 23.1. The number of carbonyl (C=O) groups excluding carboxylic acids is 1. The summed E-state index contributed by atoms with van der Waals surface area (Å²) < 4.78 is 1.80. The second-order valence-corrected chi connectivity index (χ2v) is 11.2. The summed E-state index contributed by atoms with van der Waals surface area (Å²) in [6, 6.07) is 22.2. The first-order chi connectivity index (χ1) is 20.0. The van der Waals surface area contributed by atoms with Crippen LogP contribution in [0.25, 0.3) is 33.4 Å². The Morgan fingerprint density at radius 3 is 2.76 bits per heavy atom. The molecule has 2 aliphatic rings. The van der Waals surface area contributed by atoms with Crippen LogP contribution in [0.15, 0.2) is 73.2 Å². The number of benzene rings is 3. The highest BCUT2D eigenvalue weighted by molar-refractivity contribution is 6.28. The van der Waals surface area contributed by atoms with Gasteiger partial charge in [-0.05, 0) is 72.7 Å². The summed E-state index contributed by atoms with van der Waals surface area (Å²) in [4.78, 5) is 23.0. The molecule has 0 N–H and O–H groups in total. The molecule has 0 aliphatic carbocycles. The third kappa shape index (κ3) is 4.35. The average Bonchev–Trinajstić information content (AvgIpc) is 3.54. The van der Waals surface area contributed by atoms with Gasteiger partial charge in [0.1, 0.15) is 12.4 Å². The number of carbonyl (C=O) groups is 1. The minimum absolute atomic E-state index is 0.0245. The molecule has 1 atom stereocenters. The topological polar surface area (TPSA) is 90.9 Å². The predicted molar refractivity (Wildman–Crippen MR) is 158 cm³/mol. The van der Waals surface area contributed by atoms with Crippen LogP contribution in [-0.2, 0) is 13.6 Å². The molecule has 1 saturated heterocycles. The lowest BCUT2D eigenvalue weighted by molar-refractivity contribution is 0.100. The molecule has 8 nitrogen and oxygen atoms in total. The molecule has 1 amide bonds. The largest absolute Gasteiger partial charge is 0.317 e. The quantitative estimate of drug-likeness (QED) is 0.268. The van der Waals surface area contributed by atoms with Crippen molar-refractivity contribution in [1.82, 2.24) is 24.6 Å². The van der Waals surface area contributed by atoms with Crippen LogP contribution < -0.4 is 4.90 Å². The number of rotatable bonds is 5. The van der Waals surface area contributed by atoms with E-state index in [0.717, 1.165) is 52.9 Å². The molecule has 0 spiro atoms. The van der Waals surface area contributed by atoms with Crippen LogP contribution in [0.4, 0.5) is 11.4 Å². The molecule has 202 valence electrons. The zero-order chi connectivity index (χ0) is 28.1. The molecule has 8 heteroatoms. The van der Waals surface area contributed by atoms with Gasteiger partial charge in [-0.25, -0.2) is 0 Å². The Labute approximate surface area is 238 Å². The van der Waals surface area contributed by atoms with Crippen LogP contribution in [-0.4, -0.2) is 43.6 Å². The molecule has 2 aromatic heterocycles. The van der Waals surface area contributed by atoms with Gasteiger partial charge in [0, 0.05) is 48.5 Å². The molecule has 3 aromatic carbocycles. The summed E-state index contributed by atoms with van der Waals surface area (Å²) >= 11 is 0. The van der Waals surface area contributed by atoms with Crippen molar-refractivity contribution in [3.05, 3.63) is 89.9 Å². The first-order valence-corrected chi connectivity index (χ1v) is 14.0. The van der Waals surface area contributed by atoms with E-state index in [2.05, 4.69) is 51.3 Å². The Kier molecular flexibility index (Phi) is 6.10. The fourth-order valence-corrected chi connectivity index (χ4v) is 6.34. The summed E-state index contributed by atoms with van der Waals surface area (Å²) in [7, 11) is 1.86. The Hall–Kier alpha value is -4.87. The second-order valence-electron chi connectivity index (χ2n) is 11.2. The minimum Gasteiger partial charge on any atom is -0.317 e. The molecule has 1 fully saturated rings. The van der Waals surface area contributed by atoms with Crippen LogP contribution >= 0.6 is 0 Å². The number of piperidine rings is 1. The fourth-order valence-electron chi connectivity index (χ4n) is 6.34. The Bertz CT molecular complexity index is 1870. The van der Waals surface area contributed by atoms with E-state index in [-0.39, 0.29) is 5.91 Å². The average molecular weight is 540 g/mol. The van der Waals surface area contributed by atoms with Crippen molar-refractivity contribution in [3.8, 4) is 28.7 Å². The Morgan fingerprint density at radius 1 is 1.07 bits per heavy atom. The van der Waals surface area contributed by atoms with Crippen molar-refractivity contribution in [2.75, 3.05) is 18.0 Å². The van der Waals surface area contributed by atoms with Gasteiger partial charge in [0.2, 0.25) is 0 Å². The molecule has 7 rings (SSSR count). The van der Waals surface area contributed by atoms with Gasteiger partial charge in [0.15, 0.2) is 5.82 Å². The SMILES string of the molecule is C[C@H]1CCCN(Cc2cc3c4c(cccc4c2)N(c2cccc(-c4ncc(C#N)cc4-c4nncn4C)c2)C3=O)C1. The third-order valence-corrected chi connectivity index (χ3v) is 8.18. The van der Waals surface area contributed by atoms with Crippen LogP contribution in [0, 0.1) is 17.2 Å². The van der Waals surface area contributed by atoms with Crippen molar-refractivity contribution < 1.29 is 4.79 Å². The number of anilines is 2. The second kappa shape index (κ2) is 9.95. The molecule has 5 aromatic rings. The number of nitriles is 1. The van der Waals surface area contributed by atoms with Crippen LogP contribution in [0.1, 0.15) is 41.3 Å². The molecular weight excluding hydrogens is 510 g/mol. The highest BCUT2D eigenvalue weighted by Gasteiger charge is 2.32. The third-order valence-electron chi connectivity index (χ3n) is 8.18. The first-order valence-electron chi connectivity index (χ1n) is 14.0. The van der Waals surface area contributed by atoms with Gasteiger partial charge in [0.25, 0.3) is 5.91 Å². The van der Waals surface area contributed by atoms with Crippen LogP contribution in [0.5, 0.6) is 0 Å². The maximum absolute atomic E-state index is 14.0. The predicted octanol–water partition coefficient (Wildman–Crippen LogP) is 6.09. The lowest BCUT2D eigenvalue weighted by Crippen LogP contribution is -2.33. The van der Waals surface area contributed by atoms with E-state index in [9.17, 15) is 10.1 Å². The van der Waals surface area contributed by atoms with Gasteiger partial charge < -0.3 is 4.57 Å². The van der Waals surface area contributed by atoms with E-state index in [4.69, 9.17) is 0 Å². The molecule has 0 saturated carbocycles. The summed E-state index contributed by atoms with van der Waals surface area (Å²) in [6.45, 7) is 5.37. The number of pyridine rings is 1. The highest BCUT2D eigenvalue weighted by Crippen LogP contribution is 2.43. The summed E-state index contributed by atoms with van der Waals surface area (Å²) in [5.74, 6) is 1.29. The monoisotopic (exact) mass is 539 g/mol. The van der Waals surface area contributed by atoms with E-state index < -0.39 is 0 Å². The van der Waals surface area contributed by atoms with Gasteiger partial charge in [-0.2, -0.15) is 5.26 Å². The summed E-state index contributed by atoms with van der Waals surface area (Å²) in [5.41, 5.74) is 6.21. The van der Waals surface area contributed by atoms with E-state index >= 15 is 0 Å². The summed E-state index contributed by atoms with van der Waals surface area (Å²) in [6.07, 6.45) is 5.69. The smallest absolute Gasteiger partial charge is 0.263 e. The van der Waals surface area contributed by atoms with Crippen molar-refractivity contribution in [2.24, 2.45) is 13.0 Å². The maximum atomic E-state index is 14.0. The Morgan fingerprint density at radius 2 is 1.95 bits per heavy atom. The van der Waals surface area contributed by atoms with E-state index in [1.165, 1.54) is 18.4 Å². The molecule has 0 unspecified atom stereocenters. The van der Waals surface area contributed by atoms with Crippen LogP contribution in [0.3, 0.4) is 0 Å². The lowest BCUT2D eigenvalue weighted by Gasteiger charge is -2.30. The highest BCUT2D eigenvalue weighted by atomic mass is 16.2. The molecule has 2 aliphatic heterocycles. The number of amides is 1. The fraction of sp³-hybridized carbons (Fsp3) is 0.242. The van der Waals surface area contributed by atoms with Gasteiger partial charge in [-0.3, -0.25) is 19.6 Å². The number of nitrogens with zero attached hydrogens (tertiary/aromatic N) is 7. The standard InChI is InChI=1S/C33H29N7O/c1-21-6-5-11-39(18-21)19-22-12-24-7-4-10-29-30(24)27(13-22)33(41)40(29)26-9-3-8-25(15-26)31-28(14-23(16-34)17-35-31)32-37-36-20-38(32)2/h3-4,7-10,12-15,17,20-21H,5-6,11,18-19H2,1-2H3/t21-/m0/s1. The molecule has 0 bridgehead atoms. The molecular formula is C33H29N7O. The number of likely N-dealkylation sites (tertiary alicyclic amines) is 1. The molecule has 0 radical (unpaired) electrons. The molecule has 41 heavy (non-hydrogen) atoms. The normalized spacial score (nSPS) is 16.9. The van der Waals surface area contributed by atoms with E-state index in [0.29, 0.717) is 28.6 Å². The Balaban J connectivity index is 1.28. The van der Waals surface area contributed by atoms with Gasteiger partial charge in [-0.15, -0.1) is 10.2 Å². The maximum Gasteiger partial charge on any atom is 0.263 e. The van der Waals surface area contributed by atoms with E-state index in [1.807, 2.05) is 43.4 Å². The number of aryl methyl sites for hydroxylation is 1. The van der Waals surface area contributed by atoms with Gasteiger partial charge in [0.05, 0.1) is 22.5 Å². The summed E-state index contributed by atoms with van der Waals surface area (Å²) in [5, 5.41) is 19.9. The minimum atomic E-state index is -0.0245. The van der Waals surface area contributed by atoms with Crippen molar-refractivity contribution in [3.63, 3.8) is 0 Å². The van der Waals surface area contributed by atoms with Crippen molar-refractivity contribution in [2.45, 2.75) is 26.3 Å². The zero-order valence-electron chi connectivity index (χ0n) is 23.1. The number of hydrogen-bond donors (Lipinski definition) is 0. The van der Waals surface area contributed by atoms with E-state index in [1.54, 1.807) is 28.1 Å². The molecule has 4 heterocycles. The lowest BCUT2D eigenvalue weighted by atomic mass is 9.98. The van der Waals surface area contributed by atoms with Gasteiger partial charge >= 0.3 is 0 Å². The van der Waals surface area contributed by atoms with Crippen molar-refractivity contribution in [1.29, 1.82) is 5.26 Å². The number of hydrogen-bond acceptors (Lipinski definition) is 6.